The smallest absolute Gasteiger partial charge is 0.326 e. The zero-order valence-corrected chi connectivity index (χ0v) is 11.8. The lowest BCUT2D eigenvalue weighted by molar-refractivity contribution is -0.154. The van der Waals surface area contributed by atoms with E-state index in [0.717, 1.165) is 19.3 Å². The predicted octanol–water partition coefficient (Wildman–Crippen LogP) is 1.11. The minimum atomic E-state index is -0.593. The molecule has 0 aliphatic heterocycles. The monoisotopic (exact) mass is 259 g/mol. The van der Waals surface area contributed by atoms with Crippen molar-refractivity contribution in [1.29, 1.82) is 0 Å². The Kier molecular flexibility index (Phi) is 6.05. The molecule has 0 aromatic heterocycles. The number of ether oxygens (including phenoxy) is 3. The van der Waals surface area contributed by atoms with E-state index in [1.54, 1.807) is 14.2 Å². The average Bonchev–Trinajstić information content (AvgIpc) is 2.38. The predicted molar refractivity (Wildman–Crippen MR) is 68.5 cm³/mol. The fraction of sp³-hybridized carbons (Fsp3) is 0.923. The number of methoxy groups -OCH3 is 2. The van der Waals surface area contributed by atoms with Gasteiger partial charge in [0.05, 0.1) is 25.9 Å². The number of nitrogens with one attached hydrogen (secondary N) is 1. The molecule has 3 unspecified atom stereocenters. The Bertz CT molecular complexity index is 272. The number of hydrogen-bond acceptors (Lipinski definition) is 5. The summed E-state index contributed by atoms with van der Waals surface area (Å²) >= 11 is 0. The van der Waals surface area contributed by atoms with Crippen molar-refractivity contribution in [3.05, 3.63) is 0 Å². The third-order valence-electron chi connectivity index (χ3n) is 3.59. The largest absolute Gasteiger partial charge is 0.468 e. The first-order chi connectivity index (χ1) is 8.57. The highest BCUT2D eigenvalue weighted by Crippen LogP contribution is 2.31. The normalized spacial score (nSPS) is 29.9. The van der Waals surface area contributed by atoms with Gasteiger partial charge in [0.15, 0.2) is 0 Å². The minimum Gasteiger partial charge on any atom is -0.468 e. The summed E-state index contributed by atoms with van der Waals surface area (Å²) in [5.41, 5.74) is -0.593. The Balaban J connectivity index is 2.61. The van der Waals surface area contributed by atoms with E-state index in [-0.39, 0.29) is 18.2 Å². The molecule has 5 nitrogen and oxygen atoms in total. The van der Waals surface area contributed by atoms with Crippen molar-refractivity contribution >= 4 is 5.97 Å². The van der Waals surface area contributed by atoms with Crippen LogP contribution in [0.4, 0.5) is 0 Å². The molecule has 0 amide bonds. The Morgan fingerprint density at radius 1 is 1.50 bits per heavy atom. The fourth-order valence-corrected chi connectivity index (χ4v) is 2.65. The van der Waals surface area contributed by atoms with E-state index in [0.29, 0.717) is 13.0 Å². The molecule has 1 N–H and O–H groups in total. The van der Waals surface area contributed by atoms with Gasteiger partial charge in [0, 0.05) is 13.5 Å². The topological polar surface area (TPSA) is 56.8 Å². The molecular formula is C13H25NO4. The third-order valence-corrected chi connectivity index (χ3v) is 3.59. The van der Waals surface area contributed by atoms with Crippen LogP contribution in [0.5, 0.6) is 0 Å². The van der Waals surface area contributed by atoms with Gasteiger partial charge in [-0.2, -0.15) is 0 Å². The van der Waals surface area contributed by atoms with Crippen molar-refractivity contribution in [1.82, 2.24) is 5.32 Å². The summed E-state index contributed by atoms with van der Waals surface area (Å²) in [5.74, 6) is -0.197. The molecule has 1 saturated carbocycles. The lowest BCUT2D eigenvalue weighted by Crippen LogP contribution is -2.55. The van der Waals surface area contributed by atoms with Crippen LogP contribution >= 0.6 is 0 Å². The van der Waals surface area contributed by atoms with Gasteiger partial charge in [0.1, 0.15) is 5.54 Å². The Labute approximate surface area is 109 Å². The van der Waals surface area contributed by atoms with Crippen molar-refractivity contribution in [2.45, 2.75) is 50.4 Å². The number of carbonyl (C=O) groups excluding carboxylic acids is 1. The maximum atomic E-state index is 11.9. The molecule has 1 fully saturated rings. The Morgan fingerprint density at radius 3 is 2.78 bits per heavy atom. The van der Waals surface area contributed by atoms with Crippen LogP contribution in [0.1, 0.15) is 32.6 Å². The van der Waals surface area contributed by atoms with E-state index in [9.17, 15) is 4.79 Å². The second-order valence-corrected chi connectivity index (χ2v) is 4.94. The summed E-state index contributed by atoms with van der Waals surface area (Å²) in [6.07, 6.45) is 3.52. The van der Waals surface area contributed by atoms with Gasteiger partial charge in [-0.15, -0.1) is 0 Å². The highest BCUT2D eigenvalue weighted by molar-refractivity contribution is 5.80. The highest BCUT2D eigenvalue weighted by atomic mass is 16.5. The summed E-state index contributed by atoms with van der Waals surface area (Å²) in [6, 6.07) is 0. The summed E-state index contributed by atoms with van der Waals surface area (Å²) in [7, 11) is 4.89. The van der Waals surface area contributed by atoms with Gasteiger partial charge in [-0.3, -0.25) is 4.79 Å². The van der Waals surface area contributed by atoms with Crippen LogP contribution in [0.25, 0.3) is 0 Å². The van der Waals surface area contributed by atoms with Crippen LogP contribution in [0, 0.1) is 0 Å². The molecule has 1 aliphatic carbocycles. The minimum absolute atomic E-state index is 0.0466. The van der Waals surface area contributed by atoms with Gasteiger partial charge in [0.2, 0.25) is 0 Å². The summed E-state index contributed by atoms with van der Waals surface area (Å²) < 4.78 is 15.9. The van der Waals surface area contributed by atoms with Crippen molar-refractivity contribution < 1.29 is 19.0 Å². The van der Waals surface area contributed by atoms with Crippen molar-refractivity contribution in [2.75, 3.05) is 27.9 Å². The van der Waals surface area contributed by atoms with Crippen LogP contribution in [-0.4, -0.2) is 51.6 Å². The molecule has 0 bridgehead atoms. The highest BCUT2D eigenvalue weighted by Gasteiger charge is 2.43. The van der Waals surface area contributed by atoms with Crippen LogP contribution in [0.2, 0.25) is 0 Å². The molecule has 18 heavy (non-hydrogen) atoms. The second kappa shape index (κ2) is 7.07. The Morgan fingerprint density at radius 2 is 2.22 bits per heavy atom. The molecule has 1 rings (SSSR count). The number of likely N-dealkylation sites (N-methyl/N-ethyl adjacent to an activating group) is 1. The lowest BCUT2D eigenvalue weighted by Gasteiger charge is -2.39. The maximum Gasteiger partial charge on any atom is 0.326 e. The number of esters is 1. The van der Waals surface area contributed by atoms with Gasteiger partial charge in [0.25, 0.3) is 0 Å². The van der Waals surface area contributed by atoms with E-state index in [1.807, 2.05) is 6.92 Å². The zero-order valence-electron chi connectivity index (χ0n) is 11.8. The molecule has 0 aromatic rings. The molecule has 0 saturated heterocycles. The van der Waals surface area contributed by atoms with Crippen LogP contribution in [-0.2, 0) is 19.0 Å². The average molecular weight is 259 g/mol. The Hall–Kier alpha value is -0.650. The quantitative estimate of drug-likeness (QED) is 0.724. The molecule has 0 radical (unpaired) electrons. The van der Waals surface area contributed by atoms with Crippen LogP contribution in [0.3, 0.4) is 0 Å². The van der Waals surface area contributed by atoms with Crippen LogP contribution in [0.15, 0.2) is 0 Å². The SMILES string of the molecule is CNC1(C(=O)OC)CCCC(OC(C)COC)C1. The zero-order chi connectivity index (χ0) is 13.6. The third kappa shape index (κ3) is 3.67. The van der Waals surface area contributed by atoms with Crippen LogP contribution < -0.4 is 5.32 Å². The standard InChI is InChI=1S/C13H25NO4/c1-10(9-16-3)18-11-6-5-7-13(8-11,14-2)12(15)17-4/h10-11,14H,5-9H2,1-4H3. The van der Waals surface area contributed by atoms with Crippen molar-refractivity contribution in [3.8, 4) is 0 Å². The van der Waals surface area contributed by atoms with E-state index in [1.165, 1.54) is 7.11 Å². The molecule has 5 heteroatoms. The van der Waals surface area contributed by atoms with Gasteiger partial charge in [-0.1, -0.05) is 0 Å². The molecule has 3 atom stereocenters. The summed E-state index contributed by atoms with van der Waals surface area (Å²) in [4.78, 5) is 11.9. The molecule has 0 aromatic carbocycles. The van der Waals surface area contributed by atoms with Crippen molar-refractivity contribution in [3.63, 3.8) is 0 Å². The van der Waals surface area contributed by atoms with Gasteiger partial charge >= 0.3 is 5.97 Å². The second-order valence-electron chi connectivity index (χ2n) is 4.94. The van der Waals surface area contributed by atoms with Crippen molar-refractivity contribution in [2.24, 2.45) is 0 Å². The van der Waals surface area contributed by atoms with Gasteiger partial charge in [-0.25, -0.2) is 0 Å². The first kappa shape index (κ1) is 15.4. The van der Waals surface area contributed by atoms with E-state index >= 15 is 0 Å². The molecule has 0 heterocycles. The number of rotatable bonds is 6. The van der Waals surface area contributed by atoms with E-state index in [2.05, 4.69) is 5.32 Å². The fourth-order valence-electron chi connectivity index (χ4n) is 2.65. The van der Waals surface area contributed by atoms with Gasteiger partial charge in [-0.05, 0) is 33.2 Å². The first-order valence-electron chi connectivity index (χ1n) is 6.49. The maximum absolute atomic E-state index is 11.9. The van der Waals surface area contributed by atoms with E-state index < -0.39 is 5.54 Å². The van der Waals surface area contributed by atoms with E-state index in [4.69, 9.17) is 14.2 Å². The molecule has 106 valence electrons. The first-order valence-corrected chi connectivity index (χ1v) is 6.49. The lowest BCUT2D eigenvalue weighted by atomic mass is 9.80. The molecule has 1 aliphatic rings. The number of carbonyl (C=O) groups is 1. The summed E-state index contributed by atoms with van der Waals surface area (Å²) in [6.45, 7) is 2.55. The molecule has 0 spiro atoms. The van der Waals surface area contributed by atoms with Gasteiger partial charge < -0.3 is 19.5 Å². The number of hydrogen-bond donors (Lipinski definition) is 1. The summed E-state index contributed by atoms with van der Waals surface area (Å²) in [5, 5.41) is 3.12. The molecular weight excluding hydrogens is 234 g/mol.